The number of nitrogens with one attached hydrogen (secondary N) is 1. The number of benzene rings is 2. The molecule has 0 atom stereocenters. The van der Waals surface area contributed by atoms with Gasteiger partial charge >= 0.3 is 0 Å². The Morgan fingerprint density at radius 2 is 1.79 bits per heavy atom. The van der Waals surface area contributed by atoms with E-state index in [1.54, 1.807) is 12.1 Å². The topological polar surface area (TPSA) is 58.3 Å². The summed E-state index contributed by atoms with van der Waals surface area (Å²) in [7, 11) is 0. The second-order valence-corrected chi connectivity index (χ2v) is 3.90. The van der Waals surface area contributed by atoms with Crippen molar-refractivity contribution in [2.24, 2.45) is 0 Å². The molecule has 0 aliphatic rings. The van der Waals surface area contributed by atoms with Crippen molar-refractivity contribution in [1.82, 2.24) is 4.98 Å². The highest BCUT2D eigenvalue weighted by Gasteiger charge is 2.13. The van der Waals surface area contributed by atoms with Crippen LogP contribution >= 0.6 is 0 Å². The molecule has 2 aromatic carbocycles. The van der Waals surface area contributed by atoms with Crippen LogP contribution in [-0.4, -0.2) is 10.1 Å². The summed E-state index contributed by atoms with van der Waals surface area (Å²) in [6.45, 7) is 0. The molecule has 0 unspecified atom stereocenters. The molecule has 0 spiro atoms. The van der Waals surface area contributed by atoms with Crippen molar-refractivity contribution in [1.29, 1.82) is 0 Å². The van der Waals surface area contributed by atoms with Crippen LogP contribution < -0.4 is 5.32 Å². The van der Waals surface area contributed by atoms with Crippen molar-refractivity contribution in [2.75, 3.05) is 5.32 Å². The summed E-state index contributed by atoms with van der Waals surface area (Å²) in [6.07, 6.45) is 0. The van der Waals surface area contributed by atoms with E-state index in [1.165, 1.54) is 18.2 Å². The summed E-state index contributed by atoms with van der Waals surface area (Å²) >= 11 is 0. The van der Waals surface area contributed by atoms with Crippen molar-refractivity contribution < 1.29 is 18.3 Å². The average molecular weight is 262 g/mol. The molecule has 1 heterocycles. The second kappa shape index (κ2) is 4.24. The lowest BCUT2D eigenvalue weighted by Gasteiger charge is -2.00. The van der Waals surface area contributed by atoms with Gasteiger partial charge in [0.2, 0.25) is 0 Å². The predicted molar refractivity (Wildman–Crippen MR) is 65.3 cm³/mol. The van der Waals surface area contributed by atoms with E-state index in [4.69, 9.17) is 9.52 Å². The zero-order valence-electron chi connectivity index (χ0n) is 9.52. The molecule has 0 bridgehead atoms. The number of rotatable bonds is 2. The zero-order valence-corrected chi connectivity index (χ0v) is 9.52. The van der Waals surface area contributed by atoms with Gasteiger partial charge in [-0.3, -0.25) is 0 Å². The van der Waals surface area contributed by atoms with E-state index >= 15 is 0 Å². The quantitative estimate of drug-likeness (QED) is 0.693. The fraction of sp³-hybridized carbons (Fsp3) is 0. The Kier molecular flexibility index (Phi) is 2.56. The van der Waals surface area contributed by atoms with Crippen LogP contribution in [0.2, 0.25) is 0 Å². The highest BCUT2D eigenvalue weighted by atomic mass is 19.2. The maximum absolute atomic E-state index is 13.4. The molecule has 0 aliphatic carbocycles. The molecule has 2 N–H and O–H groups in total. The monoisotopic (exact) mass is 262 g/mol. The summed E-state index contributed by atoms with van der Waals surface area (Å²) in [5, 5.41) is 11.9. The molecule has 3 aromatic rings. The number of anilines is 2. The highest BCUT2D eigenvalue weighted by Crippen LogP contribution is 2.25. The normalized spacial score (nSPS) is 10.8. The molecular weight excluding hydrogens is 254 g/mol. The Balaban J connectivity index is 1.97. The maximum atomic E-state index is 13.4. The fourth-order valence-corrected chi connectivity index (χ4v) is 1.66. The van der Waals surface area contributed by atoms with Gasteiger partial charge in [-0.15, -0.1) is 0 Å². The lowest BCUT2D eigenvalue weighted by Crippen LogP contribution is -1.89. The molecule has 0 amide bonds. The van der Waals surface area contributed by atoms with Gasteiger partial charge in [0, 0.05) is 5.69 Å². The minimum atomic E-state index is -1.04. The maximum Gasteiger partial charge on any atom is 0.300 e. The van der Waals surface area contributed by atoms with E-state index in [1.807, 2.05) is 0 Å². The first-order valence-electron chi connectivity index (χ1n) is 5.44. The predicted octanol–water partition coefficient (Wildman–Crippen LogP) is 3.56. The summed E-state index contributed by atoms with van der Waals surface area (Å²) in [5.74, 6) is -1.90. The Labute approximate surface area is 106 Å². The van der Waals surface area contributed by atoms with E-state index in [2.05, 4.69) is 10.3 Å². The molecule has 96 valence electrons. The third-order valence-corrected chi connectivity index (χ3v) is 2.57. The van der Waals surface area contributed by atoms with E-state index in [-0.39, 0.29) is 22.9 Å². The summed E-state index contributed by atoms with van der Waals surface area (Å²) in [4.78, 5) is 3.84. The second-order valence-electron chi connectivity index (χ2n) is 3.90. The summed E-state index contributed by atoms with van der Waals surface area (Å²) in [5.41, 5.74) is 0.590. The number of fused-ring (bicyclic) bond motifs is 1. The number of hydrogen-bond acceptors (Lipinski definition) is 4. The lowest BCUT2D eigenvalue weighted by atomic mass is 10.3. The Hall–Kier alpha value is -2.63. The molecule has 0 aliphatic heterocycles. The molecular formula is C13H8F2N2O2. The van der Waals surface area contributed by atoms with Gasteiger partial charge in [-0.1, -0.05) is 0 Å². The molecule has 19 heavy (non-hydrogen) atoms. The van der Waals surface area contributed by atoms with Crippen molar-refractivity contribution in [3.63, 3.8) is 0 Å². The van der Waals surface area contributed by atoms with Crippen LogP contribution in [-0.2, 0) is 0 Å². The van der Waals surface area contributed by atoms with Crippen LogP contribution in [0.3, 0.4) is 0 Å². The van der Waals surface area contributed by atoms with Crippen LogP contribution in [0.5, 0.6) is 5.75 Å². The van der Waals surface area contributed by atoms with Crippen molar-refractivity contribution >= 4 is 22.8 Å². The Morgan fingerprint density at radius 3 is 2.53 bits per heavy atom. The number of phenols is 1. The lowest BCUT2D eigenvalue weighted by molar-refractivity contribution is 0.475. The molecule has 1 aromatic heterocycles. The number of nitrogens with zero attached hydrogens (tertiary/aromatic N) is 1. The van der Waals surface area contributed by atoms with E-state index in [0.717, 1.165) is 6.07 Å². The van der Waals surface area contributed by atoms with Crippen LogP contribution in [0.1, 0.15) is 0 Å². The summed E-state index contributed by atoms with van der Waals surface area (Å²) < 4.78 is 31.7. The van der Waals surface area contributed by atoms with Crippen LogP contribution in [0.15, 0.2) is 40.8 Å². The molecule has 0 saturated heterocycles. The van der Waals surface area contributed by atoms with Crippen LogP contribution in [0.25, 0.3) is 11.1 Å². The van der Waals surface area contributed by atoms with Crippen molar-refractivity contribution in [3.05, 3.63) is 48.0 Å². The third-order valence-electron chi connectivity index (χ3n) is 2.57. The van der Waals surface area contributed by atoms with Gasteiger partial charge in [0.15, 0.2) is 22.7 Å². The number of oxazole rings is 1. The Bertz CT molecular complexity index is 738. The standard InChI is InChI=1S/C13H8F2N2O2/c14-9-5-6-10-12(11(9)15)17-13(19-10)16-7-1-3-8(18)4-2-7/h1-6,18H,(H,16,17). The number of halogens is 2. The van der Waals surface area contributed by atoms with Crippen LogP contribution in [0, 0.1) is 11.6 Å². The van der Waals surface area contributed by atoms with Crippen molar-refractivity contribution in [3.8, 4) is 5.75 Å². The van der Waals surface area contributed by atoms with Crippen molar-refractivity contribution in [2.45, 2.75) is 0 Å². The third kappa shape index (κ3) is 2.08. The number of hydrogen-bond donors (Lipinski definition) is 2. The first-order chi connectivity index (χ1) is 9.13. The zero-order chi connectivity index (χ0) is 13.4. The smallest absolute Gasteiger partial charge is 0.300 e. The molecule has 4 nitrogen and oxygen atoms in total. The first kappa shape index (κ1) is 11.5. The van der Waals surface area contributed by atoms with Gasteiger partial charge in [0.1, 0.15) is 5.75 Å². The van der Waals surface area contributed by atoms with E-state index < -0.39 is 11.6 Å². The summed E-state index contributed by atoms with van der Waals surface area (Å²) in [6, 6.07) is 8.49. The first-order valence-corrected chi connectivity index (χ1v) is 5.44. The van der Waals surface area contributed by atoms with Gasteiger partial charge in [-0.2, -0.15) is 4.98 Å². The molecule has 6 heteroatoms. The van der Waals surface area contributed by atoms with Gasteiger partial charge in [-0.25, -0.2) is 8.78 Å². The SMILES string of the molecule is Oc1ccc(Nc2nc3c(F)c(F)ccc3o2)cc1. The molecule has 3 rings (SSSR count). The number of aromatic hydroxyl groups is 1. The highest BCUT2D eigenvalue weighted by molar-refractivity contribution is 5.76. The van der Waals surface area contributed by atoms with Gasteiger partial charge in [0.25, 0.3) is 6.01 Å². The molecule has 0 saturated carbocycles. The minimum absolute atomic E-state index is 0.0465. The van der Waals surface area contributed by atoms with E-state index in [0.29, 0.717) is 5.69 Å². The van der Waals surface area contributed by atoms with Gasteiger partial charge < -0.3 is 14.8 Å². The number of phenolic OH excluding ortho intramolecular Hbond substituents is 1. The van der Waals surface area contributed by atoms with Gasteiger partial charge in [-0.05, 0) is 36.4 Å². The average Bonchev–Trinajstić information content (AvgIpc) is 2.80. The largest absolute Gasteiger partial charge is 0.508 e. The van der Waals surface area contributed by atoms with E-state index in [9.17, 15) is 8.78 Å². The number of aromatic nitrogens is 1. The molecule has 0 radical (unpaired) electrons. The van der Waals surface area contributed by atoms with Crippen LogP contribution in [0.4, 0.5) is 20.5 Å². The minimum Gasteiger partial charge on any atom is -0.508 e. The molecule has 0 fully saturated rings. The van der Waals surface area contributed by atoms with Gasteiger partial charge in [0.05, 0.1) is 0 Å². The fourth-order valence-electron chi connectivity index (χ4n) is 1.66. The Morgan fingerprint density at radius 1 is 1.05 bits per heavy atom.